The van der Waals surface area contributed by atoms with E-state index in [-0.39, 0.29) is 24.4 Å². The molecule has 1 fully saturated rings. The number of nitrogens with one attached hydrogen (secondary N) is 1. The molecule has 0 unspecified atom stereocenters. The maximum Gasteiger partial charge on any atom is 0.227 e. The smallest absolute Gasteiger partial charge is 0.227 e. The van der Waals surface area contributed by atoms with Gasteiger partial charge >= 0.3 is 0 Å². The third-order valence-electron chi connectivity index (χ3n) is 3.60. The molecule has 1 N–H and O–H groups in total. The summed E-state index contributed by atoms with van der Waals surface area (Å²) >= 11 is 0. The van der Waals surface area contributed by atoms with Crippen molar-refractivity contribution in [3.05, 3.63) is 29.3 Å². The standard InChI is InChI=1S/C15H22N2O2.ClH/c1-11-4-5-14(19-3)13(8-11)9-15(18)17-7-6-16-10-12(17)2;/h4-5,8,12,16H,6-7,9-10H2,1-3H3;1H/t12-;/m0./s1. The van der Waals surface area contributed by atoms with E-state index in [0.29, 0.717) is 6.42 Å². The minimum Gasteiger partial charge on any atom is -0.496 e. The van der Waals surface area contributed by atoms with Crippen LogP contribution in [0.4, 0.5) is 0 Å². The Morgan fingerprint density at radius 3 is 2.90 bits per heavy atom. The second-order valence-electron chi connectivity index (χ2n) is 5.13. The van der Waals surface area contributed by atoms with E-state index in [1.54, 1.807) is 7.11 Å². The molecule has 2 rings (SSSR count). The Kier molecular flexibility index (Phi) is 6.30. The lowest BCUT2D eigenvalue weighted by atomic mass is 10.1. The predicted molar refractivity (Wildman–Crippen MR) is 82.7 cm³/mol. The number of halogens is 1. The Hall–Kier alpha value is -1.26. The summed E-state index contributed by atoms with van der Waals surface area (Å²) in [6.45, 7) is 6.64. The summed E-state index contributed by atoms with van der Waals surface area (Å²) in [6, 6.07) is 6.22. The van der Waals surface area contributed by atoms with Crippen LogP contribution in [0.5, 0.6) is 5.75 Å². The van der Waals surface area contributed by atoms with Crippen molar-refractivity contribution in [3.63, 3.8) is 0 Å². The highest BCUT2D eigenvalue weighted by molar-refractivity contribution is 5.85. The lowest BCUT2D eigenvalue weighted by Gasteiger charge is -2.34. The molecule has 0 radical (unpaired) electrons. The molecule has 4 nitrogen and oxygen atoms in total. The second kappa shape index (κ2) is 7.50. The van der Waals surface area contributed by atoms with Crippen molar-refractivity contribution in [2.24, 2.45) is 0 Å². The van der Waals surface area contributed by atoms with Crippen LogP contribution in [0, 0.1) is 6.92 Å². The van der Waals surface area contributed by atoms with Gasteiger partial charge in [-0.05, 0) is 19.9 Å². The molecular weight excluding hydrogens is 276 g/mol. The number of aryl methyl sites for hydroxylation is 1. The van der Waals surface area contributed by atoms with Crippen molar-refractivity contribution in [2.45, 2.75) is 26.3 Å². The maximum absolute atomic E-state index is 12.4. The minimum absolute atomic E-state index is 0. The maximum atomic E-state index is 12.4. The molecule has 0 aliphatic carbocycles. The molecular formula is C15H23ClN2O2. The Morgan fingerprint density at radius 2 is 2.25 bits per heavy atom. The first-order chi connectivity index (χ1) is 9.11. The van der Waals surface area contributed by atoms with E-state index in [4.69, 9.17) is 4.74 Å². The fourth-order valence-electron chi connectivity index (χ4n) is 2.52. The van der Waals surface area contributed by atoms with Crippen LogP contribution in [0.2, 0.25) is 0 Å². The van der Waals surface area contributed by atoms with Gasteiger partial charge in [-0.3, -0.25) is 4.79 Å². The topological polar surface area (TPSA) is 41.6 Å². The number of amides is 1. The molecule has 1 amide bonds. The van der Waals surface area contributed by atoms with Crippen LogP contribution in [-0.2, 0) is 11.2 Å². The zero-order valence-electron chi connectivity index (χ0n) is 12.3. The SMILES string of the molecule is COc1ccc(C)cc1CC(=O)N1CCNC[C@@H]1C.Cl. The van der Waals surface area contributed by atoms with Gasteiger partial charge in [-0.15, -0.1) is 12.4 Å². The second-order valence-corrected chi connectivity index (χ2v) is 5.13. The first-order valence-electron chi connectivity index (χ1n) is 6.75. The van der Waals surface area contributed by atoms with Gasteiger partial charge in [0.25, 0.3) is 0 Å². The number of benzene rings is 1. The average Bonchev–Trinajstić information content (AvgIpc) is 2.39. The van der Waals surface area contributed by atoms with Gasteiger partial charge < -0.3 is 15.0 Å². The van der Waals surface area contributed by atoms with E-state index >= 15 is 0 Å². The lowest BCUT2D eigenvalue weighted by Crippen LogP contribution is -2.52. The molecule has 1 saturated heterocycles. The number of ether oxygens (including phenoxy) is 1. The monoisotopic (exact) mass is 298 g/mol. The predicted octanol–water partition coefficient (Wildman–Crippen LogP) is 1.79. The van der Waals surface area contributed by atoms with Crippen molar-refractivity contribution in [3.8, 4) is 5.75 Å². The third kappa shape index (κ3) is 3.87. The van der Waals surface area contributed by atoms with Gasteiger partial charge in [-0.2, -0.15) is 0 Å². The number of hydrogen-bond acceptors (Lipinski definition) is 3. The van der Waals surface area contributed by atoms with E-state index in [1.807, 2.05) is 30.0 Å². The number of methoxy groups -OCH3 is 1. The fourth-order valence-corrected chi connectivity index (χ4v) is 2.52. The van der Waals surface area contributed by atoms with Crippen molar-refractivity contribution < 1.29 is 9.53 Å². The largest absolute Gasteiger partial charge is 0.496 e. The Balaban J connectivity index is 0.00000200. The van der Waals surface area contributed by atoms with Crippen LogP contribution < -0.4 is 10.1 Å². The first kappa shape index (κ1) is 16.8. The minimum atomic E-state index is 0. The van der Waals surface area contributed by atoms with Crippen molar-refractivity contribution in [1.82, 2.24) is 10.2 Å². The van der Waals surface area contributed by atoms with Crippen LogP contribution in [0.3, 0.4) is 0 Å². The summed E-state index contributed by atoms with van der Waals surface area (Å²) in [7, 11) is 1.64. The number of nitrogens with zero attached hydrogens (tertiary/aromatic N) is 1. The van der Waals surface area contributed by atoms with Gasteiger partial charge in [0.05, 0.1) is 13.5 Å². The molecule has 1 heterocycles. The summed E-state index contributed by atoms with van der Waals surface area (Å²) < 4.78 is 5.33. The fraction of sp³-hybridized carbons (Fsp3) is 0.533. The van der Waals surface area contributed by atoms with E-state index in [1.165, 1.54) is 0 Å². The van der Waals surface area contributed by atoms with Gasteiger partial charge in [-0.25, -0.2) is 0 Å². The number of hydrogen-bond donors (Lipinski definition) is 1. The number of carbonyl (C=O) groups is 1. The summed E-state index contributed by atoms with van der Waals surface area (Å²) in [4.78, 5) is 14.4. The van der Waals surface area contributed by atoms with Crippen LogP contribution in [0.25, 0.3) is 0 Å². The molecule has 20 heavy (non-hydrogen) atoms. The average molecular weight is 299 g/mol. The molecule has 0 spiro atoms. The normalized spacial score (nSPS) is 18.4. The molecule has 112 valence electrons. The van der Waals surface area contributed by atoms with Gasteiger partial charge in [0, 0.05) is 31.2 Å². The molecule has 1 atom stereocenters. The van der Waals surface area contributed by atoms with Crippen LogP contribution in [0.15, 0.2) is 18.2 Å². The number of rotatable bonds is 3. The van der Waals surface area contributed by atoms with Gasteiger partial charge in [-0.1, -0.05) is 17.7 Å². The van der Waals surface area contributed by atoms with E-state index < -0.39 is 0 Å². The molecule has 0 bridgehead atoms. The summed E-state index contributed by atoms with van der Waals surface area (Å²) in [6.07, 6.45) is 0.412. The quantitative estimate of drug-likeness (QED) is 0.925. The lowest BCUT2D eigenvalue weighted by molar-refractivity contribution is -0.133. The van der Waals surface area contributed by atoms with Gasteiger partial charge in [0.2, 0.25) is 5.91 Å². The summed E-state index contributed by atoms with van der Waals surface area (Å²) in [5.41, 5.74) is 2.12. The molecule has 0 saturated carbocycles. The molecule has 1 aromatic carbocycles. The highest BCUT2D eigenvalue weighted by atomic mass is 35.5. The van der Waals surface area contributed by atoms with E-state index in [9.17, 15) is 4.79 Å². The van der Waals surface area contributed by atoms with E-state index in [0.717, 1.165) is 36.5 Å². The number of carbonyl (C=O) groups excluding carboxylic acids is 1. The molecule has 5 heteroatoms. The van der Waals surface area contributed by atoms with Gasteiger partial charge in [0.15, 0.2) is 0 Å². The molecule has 1 aliphatic heterocycles. The van der Waals surface area contributed by atoms with Gasteiger partial charge in [0.1, 0.15) is 5.75 Å². The first-order valence-corrected chi connectivity index (χ1v) is 6.75. The summed E-state index contributed by atoms with van der Waals surface area (Å²) in [5.74, 6) is 0.972. The Bertz CT molecular complexity index is 465. The third-order valence-corrected chi connectivity index (χ3v) is 3.60. The summed E-state index contributed by atoms with van der Waals surface area (Å²) in [5, 5.41) is 3.30. The van der Waals surface area contributed by atoms with Crippen molar-refractivity contribution >= 4 is 18.3 Å². The van der Waals surface area contributed by atoms with Crippen LogP contribution in [-0.4, -0.2) is 43.6 Å². The number of piperazine rings is 1. The highest BCUT2D eigenvalue weighted by Crippen LogP contribution is 2.21. The molecule has 0 aromatic heterocycles. The van der Waals surface area contributed by atoms with Crippen molar-refractivity contribution in [2.75, 3.05) is 26.7 Å². The van der Waals surface area contributed by atoms with Crippen molar-refractivity contribution in [1.29, 1.82) is 0 Å². The van der Waals surface area contributed by atoms with E-state index in [2.05, 4.69) is 12.2 Å². The Morgan fingerprint density at radius 1 is 1.50 bits per heavy atom. The van der Waals surface area contributed by atoms with Crippen LogP contribution in [0.1, 0.15) is 18.1 Å². The van der Waals surface area contributed by atoms with Crippen LogP contribution >= 0.6 is 12.4 Å². The molecule has 1 aliphatic rings. The molecule has 1 aromatic rings. The highest BCUT2D eigenvalue weighted by Gasteiger charge is 2.23. The Labute approximate surface area is 126 Å². The zero-order valence-corrected chi connectivity index (χ0v) is 13.1. The zero-order chi connectivity index (χ0) is 13.8.